The van der Waals surface area contributed by atoms with Crippen LogP contribution in [0.15, 0.2) is 88.9 Å². The average Bonchev–Trinajstić information content (AvgIpc) is 2.75. The highest BCUT2D eigenvalue weighted by molar-refractivity contribution is 7.89. The highest BCUT2D eigenvalue weighted by Gasteiger charge is 2.38. The first-order valence-corrected chi connectivity index (χ1v) is 15.3. The fraction of sp³-hybridized carbons (Fsp3) is 0.269. The number of rotatable bonds is 7. The zero-order valence-electron chi connectivity index (χ0n) is 20.1. The summed E-state index contributed by atoms with van der Waals surface area (Å²) in [6.07, 6.45) is 0. The van der Waals surface area contributed by atoms with Crippen molar-refractivity contribution in [3.05, 3.63) is 95.6 Å². The molecule has 1 N–H and O–H groups in total. The number of hydrazone groups is 1. The van der Waals surface area contributed by atoms with Gasteiger partial charge in [0, 0.05) is 11.1 Å². The van der Waals surface area contributed by atoms with E-state index in [0.29, 0.717) is 5.71 Å². The van der Waals surface area contributed by atoms with Gasteiger partial charge in [0.1, 0.15) is 5.75 Å². The van der Waals surface area contributed by atoms with Crippen LogP contribution in [-0.2, 0) is 10.0 Å². The van der Waals surface area contributed by atoms with E-state index < -0.39 is 18.3 Å². The quantitative estimate of drug-likeness (QED) is 0.252. The number of hydrogen-bond donors (Lipinski definition) is 1. The van der Waals surface area contributed by atoms with Crippen LogP contribution in [0, 0.1) is 6.92 Å². The Morgan fingerprint density at radius 3 is 1.94 bits per heavy atom. The Bertz CT molecular complexity index is 1210. The van der Waals surface area contributed by atoms with Crippen molar-refractivity contribution in [2.24, 2.45) is 5.10 Å². The maximum atomic E-state index is 12.8. The van der Waals surface area contributed by atoms with E-state index in [1.165, 1.54) is 0 Å². The van der Waals surface area contributed by atoms with Crippen LogP contribution in [-0.4, -0.2) is 22.4 Å². The Kier molecular flexibility index (Phi) is 7.14. The molecule has 3 aromatic carbocycles. The molecule has 33 heavy (non-hydrogen) atoms. The van der Waals surface area contributed by atoms with Gasteiger partial charge in [-0.25, -0.2) is 0 Å². The summed E-state index contributed by atoms with van der Waals surface area (Å²) in [6, 6.07) is 23.8. The molecule has 0 bridgehead atoms. The molecule has 0 saturated heterocycles. The fourth-order valence-electron chi connectivity index (χ4n) is 2.90. The number of benzene rings is 3. The second kappa shape index (κ2) is 9.53. The first kappa shape index (κ1) is 24.7. The number of sulfonamides is 1. The van der Waals surface area contributed by atoms with Gasteiger partial charge in [-0.05, 0) is 61.5 Å². The molecule has 174 valence electrons. The summed E-state index contributed by atoms with van der Waals surface area (Å²) in [5.74, 6) is 0.804. The standard InChI is InChI=1S/C26H32N2O3SSi/c1-20-12-18-24(19-13-20)32(29,30)28-27-25(21-10-8-7-9-11-21)22-14-16-23(17-15-22)31-33(5,6)26(2,3)4/h7-19,28H,1-6H3/b27-25+. The number of nitrogens with zero attached hydrogens (tertiary/aromatic N) is 1. The van der Waals surface area contributed by atoms with Gasteiger partial charge in [0.05, 0.1) is 10.6 Å². The van der Waals surface area contributed by atoms with Gasteiger partial charge in [-0.1, -0.05) is 68.8 Å². The molecule has 0 amide bonds. The number of hydrogen-bond acceptors (Lipinski definition) is 4. The smallest absolute Gasteiger partial charge is 0.276 e. The van der Waals surface area contributed by atoms with Crippen LogP contribution in [0.3, 0.4) is 0 Å². The number of nitrogens with one attached hydrogen (secondary N) is 1. The third kappa shape index (κ3) is 6.12. The van der Waals surface area contributed by atoms with E-state index in [2.05, 4.69) is 43.8 Å². The SMILES string of the molecule is Cc1ccc(S(=O)(=O)N/N=C(\c2ccccc2)c2ccc(O[Si](C)(C)C(C)(C)C)cc2)cc1. The predicted molar refractivity (Wildman–Crippen MR) is 138 cm³/mol. The minimum atomic E-state index is -3.79. The van der Waals surface area contributed by atoms with Crippen molar-refractivity contribution in [3.63, 3.8) is 0 Å². The monoisotopic (exact) mass is 480 g/mol. The summed E-state index contributed by atoms with van der Waals surface area (Å²) in [6.45, 7) is 12.9. The van der Waals surface area contributed by atoms with Crippen molar-refractivity contribution in [2.45, 2.75) is 50.7 Å². The lowest BCUT2D eigenvalue weighted by molar-refractivity contribution is 0.492. The lowest BCUT2D eigenvalue weighted by atomic mass is 10.0. The molecule has 0 aliphatic heterocycles. The van der Waals surface area contributed by atoms with Crippen LogP contribution in [0.5, 0.6) is 5.75 Å². The summed E-state index contributed by atoms with van der Waals surface area (Å²) in [7, 11) is -5.75. The molecule has 0 saturated carbocycles. The van der Waals surface area contributed by atoms with Gasteiger partial charge in [0.15, 0.2) is 0 Å². The van der Waals surface area contributed by atoms with E-state index in [1.807, 2.05) is 61.5 Å². The van der Waals surface area contributed by atoms with E-state index in [1.54, 1.807) is 24.3 Å². The molecule has 0 fully saturated rings. The van der Waals surface area contributed by atoms with Crippen molar-refractivity contribution >= 4 is 24.1 Å². The van der Waals surface area contributed by atoms with E-state index in [4.69, 9.17) is 4.43 Å². The molecule has 0 atom stereocenters. The normalized spacial score (nSPS) is 13.0. The van der Waals surface area contributed by atoms with Gasteiger partial charge in [-0.15, -0.1) is 0 Å². The Morgan fingerprint density at radius 1 is 0.848 bits per heavy atom. The van der Waals surface area contributed by atoms with Gasteiger partial charge in [-0.3, -0.25) is 0 Å². The van der Waals surface area contributed by atoms with Crippen molar-refractivity contribution in [1.29, 1.82) is 0 Å². The van der Waals surface area contributed by atoms with Crippen LogP contribution in [0.1, 0.15) is 37.5 Å². The fourth-order valence-corrected chi connectivity index (χ4v) is 4.74. The van der Waals surface area contributed by atoms with E-state index >= 15 is 0 Å². The third-order valence-corrected chi connectivity index (χ3v) is 11.5. The molecule has 0 unspecified atom stereocenters. The van der Waals surface area contributed by atoms with Crippen LogP contribution in [0.4, 0.5) is 0 Å². The van der Waals surface area contributed by atoms with Crippen molar-refractivity contribution in [1.82, 2.24) is 4.83 Å². The van der Waals surface area contributed by atoms with Crippen molar-refractivity contribution in [3.8, 4) is 5.75 Å². The predicted octanol–water partition coefficient (Wildman–Crippen LogP) is 6.11. The molecule has 0 radical (unpaired) electrons. The minimum absolute atomic E-state index is 0.0938. The largest absolute Gasteiger partial charge is 0.544 e. The van der Waals surface area contributed by atoms with E-state index in [9.17, 15) is 8.42 Å². The van der Waals surface area contributed by atoms with Crippen LogP contribution in [0.25, 0.3) is 0 Å². The van der Waals surface area contributed by atoms with Gasteiger partial charge in [-0.2, -0.15) is 18.4 Å². The third-order valence-electron chi connectivity index (χ3n) is 5.96. The Balaban J connectivity index is 1.93. The summed E-state index contributed by atoms with van der Waals surface area (Å²) >= 11 is 0. The maximum Gasteiger partial charge on any atom is 0.276 e. The maximum absolute atomic E-state index is 12.8. The molecule has 0 heterocycles. The lowest BCUT2D eigenvalue weighted by Gasteiger charge is -2.36. The number of aryl methyl sites for hydroxylation is 1. The Hall–Kier alpha value is -2.90. The van der Waals surface area contributed by atoms with Crippen molar-refractivity contribution < 1.29 is 12.8 Å². The Morgan fingerprint density at radius 2 is 1.39 bits per heavy atom. The molecule has 0 aliphatic carbocycles. The van der Waals surface area contributed by atoms with Gasteiger partial charge in [0.2, 0.25) is 8.32 Å². The first-order valence-electron chi connectivity index (χ1n) is 10.9. The second-order valence-corrected chi connectivity index (χ2v) is 16.0. The molecule has 0 aromatic heterocycles. The zero-order valence-corrected chi connectivity index (χ0v) is 21.9. The van der Waals surface area contributed by atoms with Crippen LogP contribution < -0.4 is 9.26 Å². The van der Waals surface area contributed by atoms with Crippen LogP contribution >= 0.6 is 0 Å². The van der Waals surface area contributed by atoms with Crippen molar-refractivity contribution in [2.75, 3.05) is 0 Å². The molecule has 3 rings (SSSR count). The minimum Gasteiger partial charge on any atom is -0.544 e. The molecular formula is C26H32N2O3SSi. The molecule has 3 aromatic rings. The summed E-state index contributed by atoms with van der Waals surface area (Å²) < 4.78 is 31.9. The molecule has 0 aliphatic rings. The second-order valence-electron chi connectivity index (χ2n) is 9.62. The van der Waals surface area contributed by atoms with Crippen LogP contribution in [0.2, 0.25) is 18.1 Å². The zero-order chi connectivity index (χ0) is 24.3. The molecule has 5 nitrogen and oxygen atoms in total. The van der Waals surface area contributed by atoms with Gasteiger partial charge in [0.25, 0.3) is 10.0 Å². The molecular weight excluding hydrogens is 448 g/mol. The molecule has 7 heteroatoms. The summed E-state index contributed by atoms with van der Waals surface area (Å²) in [5.41, 5.74) is 3.12. The summed E-state index contributed by atoms with van der Waals surface area (Å²) in [5, 5.41) is 4.42. The van der Waals surface area contributed by atoms with Gasteiger partial charge >= 0.3 is 0 Å². The van der Waals surface area contributed by atoms with Gasteiger partial charge < -0.3 is 4.43 Å². The highest BCUT2D eigenvalue weighted by atomic mass is 32.2. The first-order chi connectivity index (χ1) is 15.4. The summed E-state index contributed by atoms with van der Waals surface area (Å²) in [4.78, 5) is 2.57. The average molecular weight is 481 g/mol. The highest BCUT2D eigenvalue weighted by Crippen LogP contribution is 2.37. The van der Waals surface area contributed by atoms with E-state index in [-0.39, 0.29) is 9.93 Å². The Labute approximate surface area is 198 Å². The topological polar surface area (TPSA) is 67.8 Å². The van der Waals surface area contributed by atoms with E-state index in [0.717, 1.165) is 22.4 Å². The lowest BCUT2D eigenvalue weighted by Crippen LogP contribution is -2.43. The molecule has 0 spiro atoms.